The van der Waals surface area contributed by atoms with Gasteiger partial charge < -0.3 is 5.73 Å². The van der Waals surface area contributed by atoms with Gasteiger partial charge in [0.1, 0.15) is 0 Å². The van der Waals surface area contributed by atoms with Crippen molar-refractivity contribution in [3.05, 3.63) is 122 Å². The van der Waals surface area contributed by atoms with Crippen LogP contribution in [0.15, 0.2) is 93.9 Å². The van der Waals surface area contributed by atoms with Gasteiger partial charge in [0.2, 0.25) is 0 Å². The van der Waals surface area contributed by atoms with Gasteiger partial charge in [-0.3, -0.25) is 5.01 Å². The molecule has 0 saturated carbocycles. The summed E-state index contributed by atoms with van der Waals surface area (Å²) in [5.74, 6) is 0. The molecule has 0 heterocycles. The van der Waals surface area contributed by atoms with E-state index in [2.05, 4.69) is 136 Å². The number of nitrogens with two attached hydrogens (primary N) is 1. The maximum atomic E-state index is 6.31. The molecular weight excluding hydrogens is 622 g/mol. The van der Waals surface area contributed by atoms with Crippen molar-refractivity contribution < 1.29 is 0 Å². The predicted molar refractivity (Wildman–Crippen MR) is 177 cm³/mol. The van der Waals surface area contributed by atoms with Crippen molar-refractivity contribution in [3.63, 3.8) is 0 Å². The van der Waals surface area contributed by atoms with Crippen LogP contribution in [0.1, 0.15) is 74.3 Å². The van der Waals surface area contributed by atoms with Gasteiger partial charge in [-0.15, -0.1) is 0 Å². The minimum Gasteiger partial charge on any atom is -0.310 e. The molecule has 0 fully saturated rings. The van der Waals surface area contributed by atoms with Gasteiger partial charge in [0.15, 0.2) is 0 Å². The number of hydrazine groups is 1. The molecule has 0 radical (unpaired) electrons. The molecule has 208 valence electrons. The number of unbranched alkanes of at least 4 members (excludes halogenated alkanes) is 3. The molecule has 0 bridgehead atoms. The third kappa shape index (κ3) is 5.42. The van der Waals surface area contributed by atoms with Crippen molar-refractivity contribution in [3.8, 4) is 11.1 Å². The molecule has 3 nitrogen and oxygen atoms in total. The van der Waals surface area contributed by atoms with E-state index in [-0.39, 0.29) is 6.17 Å². The van der Waals surface area contributed by atoms with Crippen LogP contribution < -0.4 is 16.2 Å². The number of nitrogens with zero attached hydrogens (tertiary/aromatic N) is 1. The summed E-state index contributed by atoms with van der Waals surface area (Å²) >= 11 is 7.60. The summed E-state index contributed by atoms with van der Waals surface area (Å²) in [6.07, 6.45) is 6.09. The van der Waals surface area contributed by atoms with Crippen LogP contribution in [0, 0.1) is 0 Å². The zero-order valence-electron chi connectivity index (χ0n) is 23.7. The van der Waals surface area contributed by atoms with E-state index >= 15 is 0 Å². The minimum absolute atomic E-state index is 0.149. The van der Waals surface area contributed by atoms with Gasteiger partial charge in [-0.05, 0) is 95.1 Å². The third-order valence-electron chi connectivity index (χ3n) is 8.08. The number of anilines is 1. The average Bonchev–Trinajstić information content (AvgIpc) is 3.23. The van der Waals surface area contributed by atoms with Crippen LogP contribution in [0.2, 0.25) is 0 Å². The van der Waals surface area contributed by atoms with E-state index in [1.165, 1.54) is 64.6 Å². The van der Waals surface area contributed by atoms with Gasteiger partial charge in [-0.25, -0.2) is 5.43 Å². The number of aryl methyl sites for hydroxylation is 1. The highest BCUT2D eigenvalue weighted by atomic mass is 79.9. The van der Waals surface area contributed by atoms with E-state index in [4.69, 9.17) is 5.73 Å². The molecule has 4 aromatic rings. The molecule has 1 aliphatic rings. The average molecular weight is 662 g/mol. The van der Waals surface area contributed by atoms with Crippen molar-refractivity contribution >= 4 is 37.5 Å². The molecule has 1 aliphatic carbocycles. The molecule has 1 atom stereocenters. The van der Waals surface area contributed by atoms with Crippen LogP contribution in [-0.4, -0.2) is 12.7 Å². The second kappa shape index (κ2) is 12.6. The number of nitrogens with one attached hydrogen (secondary N) is 1. The Bertz CT molecular complexity index is 1390. The fourth-order valence-corrected chi connectivity index (χ4v) is 6.97. The number of fused-ring (bicyclic) bond motifs is 3. The van der Waals surface area contributed by atoms with Crippen LogP contribution in [0.5, 0.6) is 0 Å². The summed E-state index contributed by atoms with van der Waals surface area (Å²) in [6.45, 7) is 7.17. The second-order valence-electron chi connectivity index (χ2n) is 10.8. The van der Waals surface area contributed by atoms with Crippen molar-refractivity contribution in [2.45, 2.75) is 64.5 Å². The number of hydrogen-bond acceptors (Lipinski definition) is 3. The largest absolute Gasteiger partial charge is 0.310 e. The summed E-state index contributed by atoms with van der Waals surface area (Å²) in [7, 11) is 0. The molecular formula is C35H39Br2N3. The summed E-state index contributed by atoms with van der Waals surface area (Å²) in [5.41, 5.74) is 19.4. The van der Waals surface area contributed by atoms with E-state index in [0.717, 1.165) is 27.6 Å². The molecule has 4 aromatic carbocycles. The highest BCUT2D eigenvalue weighted by Crippen LogP contribution is 2.57. The lowest BCUT2D eigenvalue weighted by molar-refractivity contribution is 0.562. The van der Waals surface area contributed by atoms with Gasteiger partial charge in [0.25, 0.3) is 0 Å². The van der Waals surface area contributed by atoms with Gasteiger partial charge in [-0.1, -0.05) is 114 Å². The molecule has 40 heavy (non-hydrogen) atoms. The Labute approximate surface area is 256 Å². The Morgan fingerprint density at radius 2 is 1.30 bits per heavy atom. The lowest BCUT2D eigenvalue weighted by Gasteiger charge is -2.35. The third-order valence-corrected chi connectivity index (χ3v) is 9.07. The minimum atomic E-state index is -0.450. The van der Waals surface area contributed by atoms with Crippen LogP contribution in [0.4, 0.5) is 5.69 Å². The first-order valence-corrected chi connectivity index (χ1v) is 16.1. The first-order chi connectivity index (χ1) is 19.4. The molecule has 0 saturated heterocycles. The Hall–Kier alpha value is -2.44. The highest BCUT2D eigenvalue weighted by Gasteiger charge is 2.46. The number of rotatable bonds is 11. The number of hydrogen-bond donors (Lipinski definition) is 2. The van der Waals surface area contributed by atoms with Gasteiger partial charge >= 0.3 is 0 Å². The maximum absolute atomic E-state index is 6.31. The maximum Gasteiger partial charge on any atom is 0.0895 e. The summed E-state index contributed by atoms with van der Waals surface area (Å²) in [4.78, 5) is 0. The SMILES string of the molecule is CCCCCCc1ccc(C2(c3ccc(N(NCC)C(C)N)cc3)c3cc(Br)ccc3-c3ccc(Br)cc32)cc1. The fourth-order valence-electron chi connectivity index (χ4n) is 6.25. The molecule has 3 N–H and O–H groups in total. The molecule has 1 unspecified atom stereocenters. The molecule has 0 spiro atoms. The lowest BCUT2D eigenvalue weighted by atomic mass is 9.67. The zero-order valence-corrected chi connectivity index (χ0v) is 26.9. The van der Waals surface area contributed by atoms with Crippen molar-refractivity contribution in [1.82, 2.24) is 5.43 Å². The zero-order chi connectivity index (χ0) is 28.3. The van der Waals surface area contributed by atoms with Crippen molar-refractivity contribution in [2.24, 2.45) is 5.73 Å². The van der Waals surface area contributed by atoms with E-state index in [1.807, 2.05) is 11.9 Å². The van der Waals surface area contributed by atoms with Crippen LogP contribution in [0.25, 0.3) is 11.1 Å². The predicted octanol–water partition coefficient (Wildman–Crippen LogP) is 9.33. The van der Waals surface area contributed by atoms with E-state index in [0.29, 0.717) is 0 Å². The van der Waals surface area contributed by atoms with Crippen molar-refractivity contribution in [2.75, 3.05) is 11.6 Å². The molecule has 0 aromatic heterocycles. The first-order valence-electron chi connectivity index (χ1n) is 14.5. The number of benzene rings is 4. The van der Waals surface area contributed by atoms with Crippen LogP contribution in [0.3, 0.4) is 0 Å². The molecule has 5 heteroatoms. The van der Waals surface area contributed by atoms with Gasteiger partial charge in [0.05, 0.1) is 17.3 Å². The Kier molecular flexibility index (Phi) is 9.16. The van der Waals surface area contributed by atoms with E-state index < -0.39 is 5.41 Å². The monoisotopic (exact) mass is 659 g/mol. The normalized spacial score (nSPS) is 14.1. The summed E-state index contributed by atoms with van der Waals surface area (Å²) < 4.78 is 2.17. The van der Waals surface area contributed by atoms with Crippen LogP contribution in [-0.2, 0) is 11.8 Å². The van der Waals surface area contributed by atoms with E-state index in [9.17, 15) is 0 Å². The summed E-state index contributed by atoms with van der Waals surface area (Å²) in [5, 5.41) is 2.04. The lowest BCUT2D eigenvalue weighted by Crippen LogP contribution is -2.49. The van der Waals surface area contributed by atoms with E-state index in [1.54, 1.807) is 0 Å². The smallest absolute Gasteiger partial charge is 0.0895 e. The Morgan fingerprint density at radius 3 is 1.80 bits per heavy atom. The van der Waals surface area contributed by atoms with Gasteiger partial charge in [-0.2, -0.15) is 0 Å². The molecule has 5 rings (SSSR count). The quantitative estimate of drug-likeness (QED) is 0.0843. The fraction of sp³-hybridized carbons (Fsp3) is 0.314. The topological polar surface area (TPSA) is 41.3 Å². The summed E-state index contributed by atoms with van der Waals surface area (Å²) in [6, 6.07) is 31.8. The molecule has 0 aliphatic heterocycles. The Balaban J connectivity index is 1.69. The number of halogens is 2. The van der Waals surface area contributed by atoms with Crippen molar-refractivity contribution in [1.29, 1.82) is 0 Å². The van der Waals surface area contributed by atoms with Gasteiger partial charge in [0, 0.05) is 15.5 Å². The highest BCUT2D eigenvalue weighted by molar-refractivity contribution is 9.10. The Morgan fingerprint density at radius 1 is 0.750 bits per heavy atom. The standard InChI is InChI=1S/C35H39Br2N3/c1-4-6-7-8-9-25-10-12-26(13-11-25)35(27-14-18-30(19-15-27)40(24(3)38)39-5-2)33-22-28(36)16-20-31(33)32-21-17-29(37)23-34(32)35/h10-24,39H,4-9,38H2,1-3H3. The first kappa shape index (κ1) is 29.1. The van der Waals surface area contributed by atoms with Crippen LogP contribution >= 0.6 is 31.9 Å². The second-order valence-corrected chi connectivity index (χ2v) is 12.6. The molecule has 0 amide bonds.